The molecule has 1 aromatic heterocycles. The van der Waals surface area contributed by atoms with Gasteiger partial charge in [0.15, 0.2) is 0 Å². The Bertz CT molecular complexity index is 470. The molecule has 1 fully saturated rings. The van der Waals surface area contributed by atoms with Crippen LogP contribution in [0.2, 0.25) is 0 Å². The van der Waals surface area contributed by atoms with E-state index in [1.165, 1.54) is 25.7 Å². The van der Waals surface area contributed by atoms with Crippen LogP contribution in [-0.4, -0.2) is 47.1 Å². The van der Waals surface area contributed by atoms with E-state index in [4.69, 9.17) is 5.11 Å². The number of anilines is 1. The number of hydrogen-bond acceptors (Lipinski definition) is 4. The van der Waals surface area contributed by atoms with Gasteiger partial charge in [-0.1, -0.05) is 12.8 Å². The van der Waals surface area contributed by atoms with Crippen molar-refractivity contribution in [3.8, 4) is 0 Å². The van der Waals surface area contributed by atoms with Gasteiger partial charge in [0.1, 0.15) is 5.82 Å². The van der Waals surface area contributed by atoms with Gasteiger partial charge in [-0.25, -0.2) is 9.78 Å². The summed E-state index contributed by atoms with van der Waals surface area (Å²) in [6, 6.07) is 4.06. The van der Waals surface area contributed by atoms with Gasteiger partial charge >= 0.3 is 5.97 Å². The summed E-state index contributed by atoms with van der Waals surface area (Å²) in [5.41, 5.74) is 0.810. The predicted molar refractivity (Wildman–Crippen MR) is 79.3 cm³/mol. The molecule has 0 amide bonds. The van der Waals surface area contributed by atoms with Crippen LogP contribution in [0.1, 0.15) is 41.7 Å². The Balaban J connectivity index is 1.82. The highest BCUT2D eigenvalue weighted by Crippen LogP contribution is 2.22. The fourth-order valence-corrected chi connectivity index (χ4v) is 2.77. The van der Waals surface area contributed by atoms with Gasteiger partial charge in [-0.15, -0.1) is 0 Å². The van der Waals surface area contributed by atoms with Crippen LogP contribution in [0.4, 0.5) is 5.82 Å². The molecule has 0 saturated heterocycles. The van der Waals surface area contributed by atoms with Crippen LogP contribution in [0, 0.1) is 6.92 Å². The minimum Gasteiger partial charge on any atom is -0.478 e. The lowest BCUT2D eigenvalue weighted by Crippen LogP contribution is -2.33. The van der Waals surface area contributed by atoms with Crippen molar-refractivity contribution in [3.63, 3.8) is 0 Å². The standard InChI is InChI=1S/C15H23N3O2/c1-11-13(15(19)20)7-8-14(17-11)16-9-10-18(2)12-5-3-4-6-12/h7-8,12H,3-6,9-10H2,1-2H3,(H,16,17)(H,19,20). The van der Waals surface area contributed by atoms with E-state index in [1.54, 1.807) is 19.1 Å². The Kier molecular flexibility index (Phi) is 4.95. The van der Waals surface area contributed by atoms with Crippen molar-refractivity contribution in [3.05, 3.63) is 23.4 Å². The molecular weight excluding hydrogens is 254 g/mol. The number of aromatic carboxylic acids is 1. The van der Waals surface area contributed by atoms with Gasteiger partial charge in [0.25, 0.3) is 0 Å². The Hall–Kier alpha value is -1.62. The van der Waals surface area contributed by atoms with Crippen molar-refractivity contribution in [2.45, 2.75) is 38.6 Å². The zero-order valence-corrected chi connectivity index (χ0v) is 12.2. The number of rotatable bonds is 6. The number of pyridine rings is 1. The summed E-state index contributed by atoms with van der Waals surface area (Å²) in [4.78, 5) is 17.6. The molecular formula is C15H23N3O2. The number of aryl methyl sites for hydroxylation is 1. The number of nitrogens with one attached hydrogen (secondary N) is 1. The number of carboxylic acids is 1. The second-order valence-electron chi connectivity index (χ2n) is 5.48. The van der Waals surface area contributed by atoms with Crippen LogP contribution in [0.5, 0.6) is 0 Å². The van der Waals surface area contributed by atoms with Crippen LogP contribution in [0.15, 0.2) is 12.1 Å². The number of carboxylic acid groups (broad SMARTS) is 1. The normalized spacial score (nSPS) is 15.8. The van der Waals surface area contributed by atoms with Crippen LogP contribution in [0.3, 0.4) is 0 Å². The monoisotopic (exact) mass is 277 g/mol. The first-order chi connectivity index (χ1) is 9.58. The van der Waals surface area contributed by atoms with Gasteiger partial charge in [0.05, 0.1) is 11.3 Å². The van der Waals surface area contributed by atoms with E-state index in [0.29, 0.717) is 5.69 Å². The van der Waals surface area contributed by atoms with E-state index in [-0.39, 0.29) is 5.56 Å². The van der Waals surface area contributed by atoms with Crippen LogP contribution in [-0.2, 0) is 0 Å². The van der Waals surface area contributed by atoms with E-state index in [0.717, 1.165) is 24.9 Å². The SMILES string of the molecule is Cc1nc(NCCN(C)C2CCCC2)ccc1C(=O)O. The zero-order valence-electron chi connectivity index (χ0n) is 12.2. The molecule has 1 heterocycles. The zero-order chi connectivity index (χ0) is 14.5. The quantitative estimate of drug-likeness (QED) is 0.835. The maximum atomic E-state index is 10.9. The predicted octanol–water partition coefficient (Wildman–Crippen LogP) is 2.37. The molecule has 1 aromatic rings. The molecule has 0 unspecified atom stereocenters. The highest BCUT2D eigenvalue weighted by molar-refractivity contribution is 5.89. The van der Waals surface area contributed by atoms with Crippen molar-refractivity contribution in [2.24, 2.45) is 0 Å². The average molecular weight is 277 g/mol. The van der Waals surface area contributed by atoms with Gasteiger partial charge in [0.2, 0.25) is 0 Å². The fraction of sp³-hybridized carbons (Fsp3) is 0.600. The molecule has 0 aromatic carbocycles. The molecule has 110 valence electrons. The Morgan fingerprint density at radius 2 is 2.15 bits per heavy atom. The van der Waals surface area contributed by atoms with Crippen molar-refractivity contribution in [1.82, 2.24) is 9.88 Å². The molecule has 1 saturated carbocycles. The summed E-state index contributed by atoms with van der Waals surface area (Å²) < 4.78 is 0. The molecule has 0 aliphatic heterocycles. The number of aromatic nitrogens is 1. The third-order valence-corrected chi connectivity index (χ3v) is 4.03. The van der Waals surface area contributed by atoms with E-state index in [9.17, 15) is 4.79 Å². The Morgan fingerprint density at radius 1 is 1.45 bits per heavy atom. The third kappa shape index (κ3) is 3.70. The summed E-state index contributed by atoms with van der Waals surface area (Å²) in [6.45, 7) is 3.53. The lowest BCUT2D eigenvalue weighted by Gasteiger charge is -2.24. The Labute approximate surface area is 120 Å². The highest BCUT2D eigenvalue weighted by Gasteiger charge is 2.18. The van der Waals surface area contributed by atoms with Crippen LogP contribution >= 0.6 is 0 Å². The van der Waals surface area contributed by atoms with E-state index in [2.05, 4.69) is 22.2 Å². The van der Waals surface area contributed by atoms with Gasteiger partial charge in [-0.3, -0.25) is 0 Å². The van der Waals surface area contributed by atoms with E-state index in [1.807, 2.05) is 0 Å². The van der Waals surface area contributed by atoms with Gasteiger partial charge in [0, 0.05) is 19.1 Å². The lowest BCUT2D eigenvalue weighted by atomic mass is 10.2. The topological polar surface area (TPSA) is 65.5 Å². The van der Waals surface area contributed by atoms with Crippen molar-refractivity contribution >= 4 is 11.8 Å². The van der Waals surface area contributed by atoms with Crippen molar-refractivity contribution in [1.29, 1.82) is 0 Å². The highest BCUT2D eigenvalue weighted by atomic mass is 16.4. The van der Waals surface area contributed by atoms with Crippen molar-refractivity contribution in [2.75, 3.05) is 25.5 Å². The molecule has 0 bridgehead atoms. The molecule has 1 aliphatic rings. The molecule has 5 heteroatoms. The number of likely N-dealkylation sites (N-methyl/N-ethyl adjacent to an activating group) is 1. The molecule has 0 atom stereocenters. The summed E-state index contributed by atoms with van der Waals surface area (Å²) in [6.07, 6.45) is 5.31. The van der Waals surface area contributed by atoms with Gasteiger partial charge in [-0.05, 0) is 38.9 Å². The van der Waals surface area contributed by atoms with E-state index >= 15 is 0 Å². The van der Waals surface area contributed by atoms with E-state index < -0.39 is 5.97 Å². The first-order valence-electron chi connectivity index (χ1n) is 7.23. The molecule has 1 aliphatic carbocycles. The molecule has 2 N–H and O–H groups in total. The second kappa shape index (κ2) is 6.70. The number of carbonyl (C=O) groups is 1. The van der Waals surface area contributed by atoms with Crippen molar-refractivity contribution < 1.29 is 9.90 Å². The smallest absolute Gasteiger partial charge is 0.337 e. The van der Waals surface area contributed by atoms with Gasteiger partial charge < -0.3 is 15.3 Å². The molecule has 20 heavy (non-hydrogen) atoms. The van der Waals surface area contributed by atoms with Gasteiger partial charge in [-0.2, -0.15) is 0 Å². The summed E-state index contributed by atoms with van der Waals surface area (Å²) in [5.74, 6) is -0.185. The minimum absolute atomic E-state index is 0.263. The fourth-order valence-electron chi connectivity index (χ4n) is 2.77. The maximum Gasteiger partial charge on any atom is 0.337 e. The van der Waals surface area contributed by atoms with Crippen LogP contribution < -0.4 is 5.32 Å². The lowest BCUT2D eigenvalue weighted by molar-refractivity contribution is 0.0695. The second-order valence-corrected chi connectivity index (χ2v) is 5.48. The molecule has 2 rings (SSSR count). The summed E-state index contributed by atoms with van der Waals surface area (Å²) >= 11 is 0. The first-order valence-corrected chi connectivity index (χ1v) is 7.23. The number of hydrogen-bond donors (Lipinski definition) is 2. The minimum atomic E-state index is -0.928. The Morgan fingerprint density at radius 3 is 2.75 bits per heavy atom. The number of nitrogens with zero attached hydrogens (tertiary/aromatic N) is 2. The largest absolute Gasteiger partial charge is 0.478 e. The van der Waals surface area contributed by atoms with Crippen LogP contribution in [0.25, 0.3) is 0 Å². The average Bonchev–Trinajstić information content (AvgIpc) is 2.92. The molecule has 0 spiro atoms. The first kappa shape index (κ1) is 14.8. The molecule has 0 radical (unpaired) electrons. The summed E-state index contributed by atoms with van der Waals surface area (Å²) in [5, 5.41) is 12.2. The molecule has 5 nitrogen and oxygen atoms in total. The third-order valence-electron chi connectivity index (χ3n) is 4.03. The maximum absolute atomic E-state index is 10.9. The summed E-state index contributed by atoms with van der Waals surface area (Å²) in [7, 11) is 2.17.